The van der Waals surface area contributed by atoms with Crippen molar-refractivity contribution >= 4 is 0 Å². The maximum absolute atomic E-state index is 8.82. The molecular formula is C14H14N2. The minimum atomic E-state index is 0.694. The van der Waals surface area contributed by atoms with Gasteiger partial charge in [-0.2, -0.15) is 5.26 Å². The summed E-state index contributed by atoms with van der Waals surface area (Å²) in [6.07, 6.45) is 3.80. The zero-order valence-corrected chi connectivity index (χ0v) is 9.78. The minimum Gasteiger partial charge on any atom is -0.322 e. The first-order valence-corrected chi connectivity index (χ1v) is 5.28. The van der Waals surface area contributed by atoms with Gasteiger partial charge in [0.15, 0.2) is 0 Å². The quantitative estimate of drug-likeness (QED) is 0.710. The van der Waals surface area contributed by atoms with Gasteiger partial charge in [0.05, 0.1) is 11.3 Å². The molecule has 1 aromatic heterocycles. The van der Waals surface area contributed by atoms with E-state index < -0.39 is 0 Å². The average Bonchev–Trinajstić information content (AvgIpc) is 2.64. The van der Waals surface area contributed by atoms with Gasteiger partial charge in [0.1, 0.15) is 6.07 Å². The molecule has 0 atom stereocenters. The Kier molecular flexibility index (Phi) is 2.54. The van der Waals surface area contributed by atoms with Crippen molar-refractivity contribution in [1.29, 1.82) is 5.26 Å². The van der Waals surface area contributed by atoms with E-state index in [1.807, 2.05) is 23.0 Å². The second kappa shape index (κ2) is 3.86. The van der Waals surface area contributed by atoms with Gasteiger partial charge < -0.3 is 4.57 Å². The van der Waals surface area contributed by atoms with Crippen LogP contribution < -0.4 is 0 Å². The molecule has 2 aromatic rings. The maximum atomic E-state index is 8.82. The molecule has 0 radical (unpaired) electrons. The van der Waals surface area contributed by atoms with E-state index in [1.54, 1.807) is 0 Å². The molecule has 1 heterocycles. The fourth-order valence-electron chi connectivity index (χ4n) is 2.18. The number of aromatic nitrogens is 1. The molecule has 0 aliphatic heterocycles. The van der Waals surface area contributed by atoms with Crippen LogP contribution in [0.1, 0.15) is 22.3 Å². The van der Waals surface area contributed by atoms with E-state index in [9.17, 15) is 0 Å². The lowest BCUT2D eigenvalue weighted by Gasteiger charge is -2.12. The Hall–Kier alpha value is -2.01. The molecule has 2 rings (SSSR count). The Morgan fingerprint density at radius 1 is 1.12 bits per heavy atom. The van der Waals surface area contributed by atoms with E-state index in [-0.39, 0.29) is 0 Å². The fourth-order valence-corrected chi connectivity index (χ4v) is 2.18. The molecule has 0 aliphatic carbocycles. The van der Waals surface area contributed by atoms with Crippen LogP contribution >= 0.6 is 0 Å². The molecule has 80 valence electrons. The molecule has 0 amide bonds. The molecule has 0 unspecified atom stereocenters. The second-order valence-corrected chi connectivity index (χ2v) is 4.17. The highest BCUT2D eigenvalue weighted by atomic mass is 14.9. The Labute approximate surface area is 95.8 Å². The standard InChI is InChI=1S/C14H14N2/c1-10-6-11(2)14(12(3)7-10)16-5-4-13(8-15)9-16/h4-7,9H,1-3H3. The summed E-state index contributed by atoms with van der Waals surface area (Å²) in [7, 11) is 0. The number of rotatable bonds is 1. The molecule has 0 saturated carbocycles. The Balaban J connectivity index is 2.60. The van der Waals surface area contributed by atoms with Gasteiger partial charge in [0, 0.05) is 12.4 Å². The molecule has 2 nitrogen and oxygen atoms in total. The lowest BCUT2D eigenvalue weighted by atomic mass is 10.1. The molecule has 0 aliphatic rings. The van der Waals surface area contributed by atoms with Crippen LogP contribution in [0, 0.1) is 32.1 Å². The van der Waals surface area contributed by atoms with E-state index in [2.05, 4.69) is 39.0 Å². The van der Waals surface area contributed by atoms with Gasteiger partial charge in [0.25, 0.3) is 0 Å². The molecule has 0 spiro atoms. The van der Waals surface area contributed by atoms with E-state index >= 15 is 0 Å². The first-order valence-electron chi connectivity index (χ1n) is 5.28. The van der Waals surface area contributed by atoms with Gasteiger partial charge >= 0.3 is 0 Å². The summed E-state index contributed by atoms with van der Waals surface area (Å²) in [6.45, 7) is 6.29. The van der Waals surface area contributed by atoms with Crippen LogP contribution in [0.3, 0.4) is 0 Å². The predicted molar refractivity (Wildman–Crippen MR) is 64.7 cm³/mol. The van der Waals surface area contributed by atoms with Crippen LogP contribution in [0.4, 0.5) is 0 Å². The summed E-state index contributed by atoms with van der Waals surface area (Å²) in [5, 5.41) is 8.82. The minimum absolute atomic E-state index is 0.694. The third kappa shape index (κ3) is 1.72. The van der Waals surface area contributed by atoms with Crippen molar-refractivity contribution in [3.8, 4) is 11.8 Å². The van der Waals surface area contributed by atoms with Crippen molar-refractivity contribution in [1.82, 2.24) is 4.57 Å². The SMILES string of the molecule is Cc1cc(C)c(-n2ccc(C#N)c2)c(C)c1. The number of aryl methyl sites for hydroxylation is 3. The number of benzene rings is 1. The number of nitriles is 1. The normalized spacial score (nSPS) is 10.1. The summed E-state index contributed by atoms with van der Waals surface area (Å²) in [5.41, 5.74) is 5.60. The Morgan fingerprint density at radius 3 is 2.25 bits per heavy atom. The average molecular weight is 210 g/mol. The van der Waals surface area contributed by atoms with Crippen LogP contribution in [0.25, 0.3) is 5.69 Å². The molecule has 2 heteroatoms. The summed E-state index contributed by atoms with van der Waals surface area (Å²) in [6, 6.07) is 8.30. The van der Waals surface area contributed by atoms with Crippen LogP contribution in [0.5, 0.6) is 0 Å². The van der Waals surface area contributed by atoms with Crippen molar-refractivity contribution < 1.29 is 0 Å². The molecule has 0 saturated heterocycles. The zero-order valence-electron chi connectivity index (χ0n) is 9.78. The van der Waals surface area contributed by atoms with Crippen LogP contribution in [-0.4, -0.2) is 4.57 Å². The van der Waals surface area contributed by atoms with E-state index in [1.165, 1.54) is 22.4 Å². The van der Waals surface area contributed by atoms with Gasteiger partial charge in [-0.05, 0) is 38.0 Å². The Morgan fingerprint density at radius 2 is 1.75 bits per heavy atom. The van der Waals surface area contributed by atoms with E-state index in [0.717, 1.165) is 0 Å². The van der Waals surface area contributed by atoms with Gasteiger partial charge in [-0.1, -0.05) is 17.7 Å². The van der Waals surface area contributed by atoms with Crippen LogP contribution in [0.15, 0.2) is 30.6 Å². The largest absolute Gasteiger partial charge is 0.322 e. The van der Waals surface area contributed by atoms with Crippen LogP contribution in [-0.2, 0) is 0 Å². The lowest BCUT2D eigenvalue weighted by Crippen LogP contribution is -1.98. The van der Waals surface area contributed by atoms with E-state index in [4.69, 9.17) is 5.26 Å². The number of nitrogens with zero attached hydrogens (tertiary/aromatic N) is 2. The first kappa shape index (κ1) is 10.5. The summed E-state index contributed by atoms with van der Waals surface area (Å²) in [4.78, 5) is 0. The van der Waals surface area contributed by atoms with Crippen molar-refractivity contribution in [3.63, 3.8) is 0 Å². The van der Waals surface area contributed by atoms with Crippen molar-refractivity contribution in [3.05, 3.63) is 52.8 Å². The second-order valence-electron chi connectivity index (χ2n) is 4.17. The lowest BCUT2D eigenvalue weighted by molar-refractivity contribution is 1.03. The van der Waals surface area contributed by atoms with Gasteiger partial charge in [-0.3, -0.25) is 0 Å². The summed E-state index contributed by atoms with van der Waals surface area (Å²) >= 11 is 0. The molecule has 0 fully saturated rings. The Bertz CT molecular complexity index is 548. The van der Waals surface area contributed by atoms with Gasteiger partial charge in [0.2, 0.25) is 0 Å². The summed E-state index contributed by atoms with van der Waals surface area (Å²) in [5.74, 6) is 0. The zero-order chi connectivity index (χ0) is 11.7. The summed E-state index contributed by atoms with van der Waals surface area (Å²) < 4.78 is 2.02. The molecule has 0 bridgehead atoms. The van der Waals surface area contributed by atoms with Crippen molar-refractivity contribution in [2.45, 2.75) is 20.8 Å². The predicted octanol–water partition coefficient (Wildman–Crippen LogP) is 3.27. The monoisotopic (exact) mass is 210 g/mol. The molecule has 0 N–H and O–H groups in total. The van der Waals surface area contributed by atoms with Crippen molar-refractivity contribution in [2.24, 2.45) is 0 Å². The maximum Gasteiger partial charge on any atom is 0.101 e. The highest BCUT2D eigenvalue weighted by Crippen LogP contribution is 2.21. The van der Waals surface area contributed by atoms with Gasteiger partial charge in [-0.25, -0.2) is 0 Å². The van der Waals surface area contributed by atoms with Crippen molar-refractivity contribution in [2.75, 3.05) is 0 Å². The highest BCUT2D eigenvalue weighted by Gasteiger charge is 2.06. The topological polar surface area (TPSA) is 28.7 Å². The number of hydrogen-bond donors (Lipinski definition) is 0. The third-order valence-electron chi connectivity index (χ3n) is 2.72. The van der Waals surface area contributed by atoms with Crippen LogP contribution in [0.2, 0.25) is 0 Å². The van der Waals surface area contributed by atoms with E-state index in [0.29, 0.717) is 5.56 Å². The molecule has 16 heavy (non-hydrogen) atoms. The smallest absolute Gasteiger partial charge is 0.101 e. The third-order valence-corrected chi connectivity index (χ3v) is 2.72. The molecular weight excluding hydrogens is 196 g/mol. The highest BCUT2D eigenvalue weighted by molar-refractivity contribution is 5.50. The fraction of sp³-hybridized carbons (Fsp3) is 0.214. The first-order chi connectivity index (χ1) is 7.61. The number of hydrogen-bond acceptors (Lipinski definition) is 1. The molecule has 1 aromatic carbocycles. The van der Waals surface area contributed by atoms with Gasteiger partial charge in [-0.15, -0.1) is 0 Å².